The van der Waals surface area contributed by atoms with Crippen molar-refractivity contribution in [2.24, 2.45) is 0 Å². The summed E-state index contributed by atoms with van der Waals surface area (Å²) in [5, 5.41) is 7.00. The molecule has 2 heterocycles. The van der Waals surface area contributed by atoms with E-state index in [0.717, 1.165) is 0 Å². The van der Waals surface area contributed by atoms with E-state index in [-0.39, 0.29) is 18.6 Å². The predicted molar refractivity (Wildman–Crippen MR) is 86.8 cm³/mol. The summed E-state index contributed by atoms with van der Waals surface area (Å²) in [6, 6.07) is 1.86. The van der Waals surface area contributed by atoms with Gasteiger partial charge in [0.05, 0.1) is 18.4 Å². The quantitative estimate of drug-likeness (QED) is 0.830. The Labute approximate surface area is 135 Å². The summed E-state index contributed by atoms with van der Waals surface area (Å²) >= 11 is 0. The second-order valence-electron chi connectivity index (χ2n) is 5.55. The molecule has 0 atom stereocenters. The fraction of sp³-hybridized carbons (Fsp3) is 0.438. The molecule has 2 N–H and O–H groups in total. The molecule has 0 bridgehead atoms. The third-order valence-electron chi connectivity index (χ3n) is 3.55. The molecular weight excluding hydrogens is 296 g/mol. The molecule has 0 fully saturated rings. The number of anilines is 1. The van der Waals surface area contributed by atoms with Gasteiger partial charge < -0.3 is 15.0 Å². The summed E-state index contributed by atoms with van der Waals surface area (Å²) < 4.78 is 6.75. The first-order chi connectivity index (χ1) is 10.9. The van der Waals surface area contributed by atoms with Gasteiger partial charge in [0.15, 0.2) is 0 Å². The first-order valence-corrected chi connectivity index (χ1v) is 7.57. The summed E-state index contributed by atoms with van der Waals surface area (Å²) in [5.41, 5.74) is 1.95. The van der Waals surface area contributed by atoms with Gasteiger partial charge in [0.2, 0.25) is 0 Å². The van der Waals surface area contributed by atoms with Crippen LogP contribution >= 0.6 is 0 Å². The van der Waals surface area contributed by atoms with Crippen molar-refractivity contribution in [1.29, 1.82) is 0 Å². The van der Waals surface area contributed by atoms with E-state index < -0.39 is 5.97 Å². The number of esters is 1. The van der Waals surface area contributed by atoms with E-state index in [1.807, 2.05) is 13.8 Å². The van der Waals surface area contributed by atoms with Crippen LogP contribution in [0.4, 0.5) is 5.82 Å². The van der Waals surface area contributed by atoms with E-state index in [0.29, 0.717) is 28.3 Å². The molecule has 2 rings (SSSR count). The Morgan fingerprint density at radius 1 is 1.39 bits per heavy atom. The lowest BCUT2D eigenvalue weighted by atomic mass is 10.1. The van der Waals surface area contributed by atoms with Crippen molar-refractivity contribution in [3.05, 3.63) is 34.8 Å². The lowest BCUT2D eigenvalue weighted by Crippen LogP contribution is -2.18. The number of ether oxygens (including phenoxy) is 1. The zero-order chi connectivity index (χ0) is 17.1. The summed E-state index contributed by atoms with van der Waals surface area (Å²) in [4.78, 5) is 27.5. The monoisotopic (exact) mass is 318 g/mol. The zero-order valence-electron chi connectivity index (χ0n) is 14.1. The lowest BCUT2D eigenvalue weighted by Gasteiger charge is -2.11. The average molecular weight is 318 g/mol. The van der Waals surface area contributed by atoms with E-state index in [9.17, 15) is 9.59 Å². The second-order valence-corrected chi connectivity index (χ2v) is 5.55. The number of nitrogens with one attached hydrogen (secondary N) is 2. The molecule has 2 aromatic rings. The SMILES string of the molecule is CCOC(=O)c1c(C)[nH]c(C(=O)Nc2ccnn2C(C)C)c1C. The third kappa shape index (κ3) is 3.28. The number of nitrogens with zero attached hydrogens (tertiary/aromatic N) is 2. The molecule has 7 heteroatoms. The standard InChI is InChI=1S/C16H22N4O3/c1-6-23-16(22)13-10(4)14(18-11(13)5)15(21)19-12-7-8-17-20(12)9(2)3/h7-9,18H,6H2,1-5H3,(H,19,21). The molecule has 7 nitrogen and oxygen atoms in total. The number of amides is 1. The third-order valence-corrected chi connectivity index (χ3v) is 3.55. The maximum absolute atomic E-state index is 12.5. The minimum Gasteiger partial charge on any atom is -0.462 e. The van der Waals surface area contributed by atoms with Crippen LogP contribution in [0.1, 0.15) is 58.9 Å². The number of aryl methyl sites for hydroxylation is 1. The highest BCUT2D eigenvalue weighted by Gasteiger charge is 2.23. The normalized spacial score (nSPS) is 10.9. The van der Waals surface area contributed by atoms with Crippen molar-refractivity contribution in [3.63, 3.8) is 0 Å². The molecule has 0 aliphatic heterocycles. The van der Waals surface area contributed by atoms with Crippen LogP contribution in [0.5, 0.6) is 0 Å². The van der Waals surface area contributed by atoms with Crippen LogP contribution in [0.2, 0.25) is 0 Å². The van der Waals surface area contributed by atoms with Gasteiger partial charge in [-0.15, -0.1) is 0 Å². The lowest BCUT2D eigenvalue weighted by molar-refractivity contribution is 0.0525. The second kappa shape index (κ2) is 6.68. The average Bonchev–Trinajstić information content (AvgIpc) is 3.03. The van der Waals surface area contributed by atoms with Crippen LogP contribution in [0, 0.1) is 13.8 Å². The Hall–Kier alpha value is -2.57. The summed E-state index contributed by atoms with van der Waals surface area (Å²) in [7, 11) is 0. The molecule has 0 unspecified atom stereocenters. The van der Waals surface area contributed by atoms with Crippen LogP contribution in [0.25, 0.3) is 0 Å². The van der Waals surface area contributed by atoms with Gasteiger partial charge in [-0.1, -0.05) is 0 Å². The first-order valence-electron chi connectivity index (χ1n) is 7.57. The number of aromatic nitrogens is 3. The first kappa shape index (κ1) is 16.8. The predicted octanol–water partition coefficient (Wildman–Crippen LogP) is 2.84. The zero-order valence-corrected chi connectivity index (χ0v) is 14.1. The summed E-state index contributed by atoms with van der Waals surface area (Å²) in [6.45, 7) is 9.46. The van der Waals surface area contributed by atoms with Crippen LogP contribution in [-0.4, -0.2) is 33.2 Å². The molecule has 23 heavy (non-hydrogen) atoms. The number of hydrogen-bond donors (Lipinski definition) is 2. The Balaban J connectivity index is 2.28. The fourth-order valence-corrected chi connectivity index (χ4v) is 2.49. The van der Waals surface area contributed by atoms with Crippen molar-refractivity contribution >= 4 is 17.7 Å². The molecule has 0 aromatic carbocycles. The Morgan fingerprint density at radius 3 is 2.70 bits per heavy atom. The van der Waals surface area contributed by atoms with E-state index in [1.54, 1.807) is 37.7 Å². The Kier molecular flexibility index (Phi) is 4.88. The molecule has 0 aliphatic rings. The van der Waals surface area contributed by atoms with E-state index in [4.69, 9.17) is 4.74 Å². The van der Waals surface area contributed by atoms with Crippen molar-refractivity contribution in [2.45, 2.75) is 40.7 Å². The van der Waals surface area contributed by atoms with E-state index in [1.165, 1.54) is 0 Å². The summed E-state index contributed by atoms with van der Waals surface area (Å²) in [5.74, 6) is -0.136. The van der Waals surface area contributed by atoms with Crippen molar-refractivity contribution in [3.8, 4) is 0 Å². The van der Waals surface area contributed by atoms with Gasteiger partial charge in [-0.3, -0.25) is 4.79 Å². The number of rotatable bonds is 5. The highest BCUT2D eigenvalue weighted by atomic mass is 16.5. The molecule has 0 saturated carbocycles. The number of carbonyl (C=O) groups is 2. The largest absolute Gasteiger partial charge is 0.462 e. The topological polar surface area (TPSA) is 89.0 Å². The Bertz CT molecular complexity index is 728. The Morgan fingerprint density at radius 2 is 2.09 bits per heavy atom. The van der Waals surface area contributed by atoms with Gasteiger partial charge >= 0.3 is 5.97 Å². The molecule has 0 aliphatic carbocycles. The molecule has 0 radical (unpaired) electrons. The van der Waals surface area contributed by atoms with Gasteiger partial charge in [-0.2, -0.15) is 5.10 Å². The molecule has 124 valence electrons. The van der Waals surface area contributed by atoms with Crippen LogP contribution in [0.3, 0.4) is 0 Å². The molecule has 0 saturated heterocycles. The number of carbonyl (C=O) groups excluding carboxylic acids is 2. The van der Waals surface area contributed by atoms with Gasteiger partial charge in [0.25, 0.3) is 5.91 Å². The molecule has 0 spiro atoms. The van der Waals surface area contributed by atoms with E-state index >= 15 is 0 Å². The maximum Gasteiger partial charge on any atom is 0.340 e. The van der Waals surface area contributed by atoms with Crippen molar-refractivity contribution in [2.75, 3.05) is 11.9 Å². The smallest absolute Gasteiger partial charge is 0.340 e. The van der Waals surface area contributed by atoms with Gasteiger partial charge in [-0.25, -0.2) is 9.48 Å². The number of hydrogen-bond acceptors (Lipinski definition) is 4. The number of aromatic amines is 1. The van der Waals surface area contributed by atoms with Crippen LogP contribution in [0.15, 0.2) is 12.3 Å². The molecular formula is C16H22N4O3. The highest BCUT2D eigenvalue weighted by molar-refractivity contribution is 6.06. The van der Waals surface area contributed by atoms with Gasteiger partial charge in [-0.05, 0) is 40.2 Å². The van der Waals surface area contributed by atoms with Crippen LogP contribution in [-0.2, 0) is 4.74 Å². The highest BCUT2D eigenvalue weighted by Crippen LogP contribution is 2.21. The van der Waals surface area contributed by atoms with Crippen molar-refractivity contribution < 1.29 is 14.3 Å². The molecule has 2 aromatic heterocycles. The fourth-order valence-electron chi connectivity index (χ4n) is 2.49. The number of H-pyrrole nitrogens is 1. The van der Waals surface area contributed by atoms with Gasteiger partial charge in [0.1, 0.15) is 11.5 Å². The molecule has 1 amide bonds. The van der Waals surface area contributed by atoms with Crippen LogP contribution < -0.4 is 5.32 Å². The minimum atomic E-state index is -0.426. The van der Waals surface area contributed by atoms with Gasteiger partial charge in [0, 0.05) is 17.8 Å². The maximum atomic E-state index is 12.5. The van der Waals surface area contributed by atoms with Crippen molar-refractivity contribution in [1.82, 2.24) is 14.8 Å². The summed E-state index contributed by atoms with van der Waals surface area (Å²) in [6.07, 6.45) is 1.63. The minimum absolute atomic E-state index is 0.127. The van der Waals surface area contributed by atoms with E-state index in [2.05, 4.69) is 15.4 Å².